The second-order valence-electron chi connectivity index (χ2n) is 35.6. The number of benzene rings is 9. The van der Waals surface area contributed by atoms with E-state index in [1.54, 1.807) is 123 Å². The molecule has 0 saturated heterocycles. The van der Waals surface area contributed by atoms with Gasteiger partial charge >= 0.3 is 23.9 Å². The molecule has 13 atom stereocenters. The van der Waals surface area contributed by atoms with E-state index in [-0.39, 0.29) is 79.6 Å². The van der Waals surface area contributed by atoms with Crippen molar-refractivity contribution in [2.75, 3.05) is 28.4 Å². The number of aromatic nitrogens is 5. The van der Waals surface area contributed by atoms with Crippen molar-refractivity contribution in [1.29, 1.82) is 0 Å². The fourth-order valence-electron chi connectivity index (χ4n) is 19.9. The molecule has 3 fully saturated rings. The average Bonchev–Trinajstić information content (AvgIpc) is 1.50. The highest BCUT2D eigenvalue weighted by atomic mass is 79.9. The lowest BCUT2D eigenvalue weighted by atomic mass is 9.71. The zero-order chi connectivity index (χ0) is 105. The molecule has 27 nitrogen and oxygen atoms in total. The molecule has 3 aliphatic carbocycles. The summed E-state index contributed by atoms with van der Waals surface area (Å²) in [4.78, 5) is 123. The fourth-order valence-corrected chi connectivity index (χ4v) is 21.2. The van der Waals surface area contributed by atoms with Crippen molar-refractivity contribution in [3.05, 3.63) is 444 Å². The minimum atomic E-state index is -2.21. The molecule has 2 unspecified atom stereocenters. The molecular formula is C118H106Br5N5O22. The van der Waals surface area contributed by atoms with Gasteiger partial charge in [0.15, 0.2) is 50.7 Å². The average molecular weight is 2350 g/mol. The van der Waals surface area contributed by atoms with E-state index in [0.29, 0.717) is 50.5 Å². The van der Waals surface area contributed by atoms with Gasteiger partial charge in [0.25, 0.3) is 5.43 Å². The number of rotatable bonds is 15. The Morgan fingerprint density at radius 2 is 0.820 bits per heavy atom. The number of aliphatic hydroxyl groups excluding tert-OH is 1. The van der Waals surface area contributed by atoms with Crippen LogP contribution in [-0.2, 0) is 81.3 Å². The largest absolute Gasteiger partial charge is 0.506 e. The molecule has 32 heteroatoms. The summed E-state index contributed by atoms with van der Waals surface area (Å²) in [7, 11) is 5.12. The van der Waals surface area contributed by atoms with Crippen LogP contribution in [0.3, 0.4) is 0 Å². The van der Waals surface area contributed by atoms with Crippen LogP contribution >= 0.6 is 79.6 Å². The Kier molecular flexibility index (Phi) is 35.1. The van der Waals surface area contributed by atoms with E-state index in [1.165, 1.54) is 46.7 Å². The number of carbonyl (C=O) groups excluding carboxylic acids is 7. The molecule has 21 rings (SSSR count). The third-order valence-corrected chi connectivity index (χ3v) is 29.1. The number of aryl methyl sites for hydroxylation is 5. The number of halogens is 5. The molecule has 770 valence electrons. The minimum absolute atomic E-state index is 0. The third-order valence-electron chi connectivity index (χ3n) is 26.4. The van der Waals surface area contributed by atoms with Crippen LogP contribution in [0.15, 0.2) is 348 Å². The molecule has 9 heterocycles. The Balaban J connectivity index is 0.000000153. The topological polar surface area (TPSA) is 400 Å². The number of fused-ring (bicyclic) bond motifs is 11. The van der Waals surface area contributed by atoms with Crippen molar-refractivity contribution in [3.8, 4) is 40.1 Å². The zero-order valence-corrected chi connectivity index (χ0v) is 88.0. The molecule has 3 saturated carbocycles. The Morgan fingerprint density at radius 1 is 0.413 bits per heavy atom. The van der Waals surface area contributed by atoms with Crippen LogP contribution in [0.5, 0.6) is 28.7 Å². The summed E-state index contributed by atoms with van der Waals surface area (Å²) < 4.78 is 49.3. The Morgan fingerprint density at radius 3 is 1.33 bits per heavy atom. The molecular weight excluding hydrogens is 2240 g/mol. The SMILES string of the molecule is C.C.C.COC(=O)/C=C/c1ccccc1.COC(=O)C1C(c2ccccc2)[C@]2(c3ccc(Br)cc3)Oc3cc(C)cnc3[C@@]1(O)C2=O.COC(=O)[C@H]1C(=O)[C@@]2(O)c3ncc(C)cc3O[C@@]2(c2ccc(Br)cc2)[C@@H]1c1ccccc1.COC(=O)[C@H]1[C@@H](O)[C@@]2(O)c3ncc(C)cc3O[C@@]2(c2ccc(Br)cc2)[C@@H]1c1ccccc1.Cc1cnc(C(=O)/C=C/c2ccc(Br)cc2)c(O)c1.Cc1cnc2c(=O)c(O)c(-c3ccc(Br)cc3)oc2c1. The molecule has 0 amide bonds. The number of Topliss-reactive ketones (excluding diaryl/α,β-unsaturated/α-hetero) is 2. The molecule has 0 spiro atoms. The van der Waals surface area contributed by atoms with Gasteiger partial charge in [-0.15, -0.1) is 0 Å². The molecule has 150 heavy (non-hydrogen) atoms. The van der Waals surface area contributed by atoms with E-state index < -0.39 is 116 Å². The van der Waals surface area contributed by atoms with Crippen molar-refractivity contribution in [3.63, 3.8) is 0 Å². The summed E-state index contributed by atoms with van der Waals surface area (Å²) in [6.07, 6.45) is 12.6. The van der Waals surface area contributed by atoms with Crippen molar-refractivity contribution in [1.82, 2.24) is 24.9 Å². The second-order valence-corrected chi connectivity index (χ2v) is 40.2. The highest BCUT2D eigenvalue weighted by molar-refractivity contribution is 9.11. The zero-order valence-electron chi connectivity index (χ0n) is 80.1. The van der Waals surface area contributed by atoms with E-state index in [0.717, 1.165) is 66.9 Å². The van der Waals surface area contributed by atoms with E-state index in [2.05, 4.69) is 109 Å². The van der Waals surface area contributed by atoms with Gasteiger partial charge in [-0.05, 0) is 217 Å². The van der Waals surface area contributed by atoms with Gasteiger partial charge in [-0.25, -0.2) is 14.8 Å². The Bertz CT molecular complexity index is 7620. The number of allylic oxidation sites excluding steroid dienone is 1. The first kappa shape index (κ1) is 113. The number of carbonyl (C=O) groups is 7. The van der Waals surface area contributed by atoms with Gasteiger partial charge in [0.2, 0.25) is 28.5 Å². The number of nitrogens with zero attached hydrogens (tertiary/aromatic N) is 5. The first-order chi connectivity index (χ1) is 70.5. The van der Waals surface area contributed by atoms with Crippen LogP contribution < -0.4 is 19.6 Å². The number of aliphatic hydroxyl groups is 4. The van der Waals surface area contributed by atoms with Gasteiger partial charge in [-0.2, -0.15) is 0 Å². The minimum Gasteiger partial charge on any atom is -0.506 e. The van der Waals surface area contributed by atoms with Gasteiger partial charge in [0, 0.05) is 76.5 Å². The first-order valence-electron chi connectivity index (χ1n) is 45.9. The standard InChI is InChI=1S/C25H22BrNO5.2C25H20BrNO5.C15H10BrNO3.C15H12BrNO2.C10H10O2.3CH4/c2*1-14-12-18-21(27-13-14)24(30)22(28)19(23(29)31-2)20(15-6-4-3-5-7-15)25(24,32-18)16-8-10-17(26)11-9-16;1-14-12-18-21(27-13-14)24(30)20(22(28)31-2)19(15-6-4-3-5-7-15)25(32-18,23(24)29)16-8-10-17(26)11-9-16;1-8-6-11-12(17-7-8)13(18)14(19)15(20-11)9-2-4-10(16)5-3-9;1-10-8-14(19)15(17-9-10)13(18)7-4-11-2-5-12(16)6-3-11;1-12-10(11)8-7-9-5-3-2-4-6-9;;;/h3-13,19-20,22,28,30H,1-2H3;2*3-13,19-20,30H,1-2H3;2-7,19H,1H3;2-9,19H,1H3;2-8H,1H3;3*1H4/b;;;;7-4+;8-7+;;;/t19-,20-,22-,24+,25+;19-,20-,24+,25+;19?,20?,24-,25+;;;;;;/m111....../s1. The van der Waals surface area contributed by atoms with Crippen molar-refractivity contribution >= 4 is 144 Å². The maximum atomic E-state index is 14.1. The summed E-state index contributed by atoms with van der Waals surface area (Å²) in [6.45, 7) is 9.24. The van der Waals surface area contributed by atoms with Crippen LogP contribution in [0, 0.1) is 52.4 Å². The number of ether oxygens (including phenoxy) is 7. The lowest BCUT2D eigenvalue weighted by Gasteiger charge is -2.40. The molecule has 3 aliphatic heterocycles. The predicted molar refractivity (Wildman–Crippen MR) is 584 cm³/mol. The molecule has 9 aromatic carbocycles. The van der Waals surface area contributed by atoms with Gasteiger partial charge in [-0.3, -0.25) is 48.5 Å². The summed E-state index contributed by atoms with van der Waals surface area (Å²) in [5.74, 6) is -9.40. The summed E-state index contributed by atoms with van der Waals surface area (Å²) in [5, 5.41) is 67.8. The molecule has 0 radical (unpaired) electrons. The summed E-state index contributed by atoms with van der Waals surface area (Å²) in [5.41, 5.74) is -0.176. The maximum Gasteiger partial charge on any atom is 0.330 e. The van der Waals surface area contributed by atoms with Gasteiger partial charge in [-0.1, -0.05) is 278 Å². The van der Waals surface area contributed by atoms with E-state index in [9.17, 15) is 69.0 Å². The fraction of sp³-hybridized carbons (Fsp3) is 0.212. The van der Waals surface area contributed by atoms with Gasteiger partial charge in [0.05, 0.1) is 46.2 Å². The number of methoxy groups -OCH3 is 4. The van der Waals surface area contributed by atoms with Gasteiger partial charge in [0.1, 0.15) is 58.0 Å². The van der Waals surface area contributed by atoms with Crippen molar-refractivity contribution in [2.24, 2.45) is 17.8 Å². The molecule has 15 aromatic rings. The lowest BCUT2D eigenvalue weighted by Crippen LogP contribution is -2.52. The highest BCUT2D eigenvalue weighted by Crippen LogP contribution is 2.70. The maximum absolute atomic E-state index is 14.1. The van der Waals surface area contributed by atoms with E-state index in [4.69, 9.17) is 32.8 Å². The molecule has 6 aliphatic rings. The number of hydrogen-bond acceptors (Lipinski definition) is 27. The normalized spacial score (nSPS) is 22.1. The van der Waals surface area contributed by atoms with E-state index >= 15 is 0 Å². The lowest BCUT2D eigenvalue weighted by molar-refractivity contribution is -0.163. The number of pyridine rings is 5. The second kappa shape index (κ2) is 46.8. The van der Waals surface area contributed by atoms with Crippen LogP contribution in [0.1, 0.15) is 140 Å². The Labute approximate surface area is 908 Å². The van der Waals surface area contributed by atoms with Crippen LogP contribution in [0.25, 0.3) is 34.6 Å². The number of esters is 4. The summed E-state index contributed by atoms with van der Waals surface area (Å²) in [6, 6.07) is 82.1. The first-order valence-corrected chi connectivity index (χ1v) is 49.9. The molecule has 2 bridgehead atoms. The highest BCUT2D eigenvalue weighted by Gasteiger charge is 2.81. The third kappa shape index (κ3) is 20.8. The van der Waals surface area contributed by atoms with Gasteiger partial charge < -0.3 is 68.2 Å². The number of hydrogen-bond donors (Lipinski definition) is 6. The number of ketones is 3. The van der Waals surface area contributed by atoms with Crippen LogP contribution in [0.4, 0.5) is 0 Å². The predicted octanol–water partition coefficient (Wildman–Crippen LogP) is 22.3. The summed E-state index contributed by atoms with van der Waals surface area (Å²) >= 11 is 17.0. The van der Waals surface area contributed by atoms with E-state index in [1.807, 2.05) is 222 Å². The molecule has 6 N–H and O–H groups in total. The quantitative estimate of drug-likeness (QED) is 0.0182. The van der Waals surface area contributed by atoms with Crippen LogP contribution in [-0.4, -0.2) is 131 Å². The Hall–Kier alpha value is -14.5. The van der Waals surface area contributed by atoms with Crippen molar-refractivity contribution < 1.29 is 102 Å². The van der Waals surface area contributed by atoms with Crippen molar-refractivity contribution in [2.45, 2.75) is 114 Å². The molecule has 6 aromatic heterocycles. The van der Waals surface area contributed by atoms with Crippen LogP contribution in [0.2, 0.25) is 0 Å². The smallest absolute Gasteiger partial charge is 0.330 e. The monoisotopic (exact) mass is 2340 g/mol. The number of aromatic hydroxyl groups is 2.